The molecule has 18 heavy (non-hydrogen) atoms. The standard InChI is InChI=1S/C14H20BrNOS/c1-9(16)14(11-5-3-4-6-12(11)15)18-13-7-8-17-10(13)2/h3-6,9-10,13-14H,7-8,16H2,1-2H3. The van der Waals surface area contributed by atoms with Crippen molar-refractivity contribution in [1.82, 2.24) is 0 Å². The highest BCUT2D eigenvalue weighted by Gasteiger charge is 2.30. The van der Waals surface area contributed by atoms with Crippen LogP contribution in [0.15, 0.2) is 28.7 Å². The molecule has 0 aliphatic carbocycles. The molecule has 0 saturated carbocycles. The van der Waals surface area contributed by atoms with Crippen molar-refractivity contribution in [3.63, 3.8) is 0 Å². The Kier molecular flexibility index (Phi) is 5.13. The summed E-state index contributed by atoms with van der Waals surface area (Å²) >= 11 is 5.59. The first-order chi connectivity index (χ1) is 8.59. The Morgan fingerprint density at radius 1 is 1.44 bits per heavy atom. The van der Waals surface area contributed by atoms with Gasteiger partial charge in [0.1, 0.15) is 0 Å². The van der Waals surface area contributed by atoms with Gasteiger partial charge in [-0.15, -0.1) is 11.8 Å². The molecule has 1 saturated heterocycles. The molecule has 2 rings (SSSR count). The first-order valence-electron chi connectivity index (χ1n) is 6.36. The van der Waals surface area contributed by atoms with E-state index in [1.54, 1.807) is 0 Å². The minimum Gasteiger partial charge on any atom is -0.377 e. The van der Waals surface area contributed by atoms with Crippen LogP contribution in [0.25, 0.3) is 0 Å². The first-order valence-corrected chi connectivity index (χ1v) is 8.10. The van der Waals surface area contributed by atoms with Gasteiger partial charge in [0.25, 0.3) is 0 Å². The third kappa shape index (κ3) is 3.29. The van der Waals surface area contributed by atoms with E-state index in [1.807, 2.05) is 17.8 Å². The van der Waals surface area contributed by atoms with Gasteiger partial charge in [-0.3, -0.25) is 0 Å². The number of ether oxygens (including phenoxy) is 1. The van der Waals surface area contributed by atoms with E-state index in [-0.39, 0.29) is 6.04 Å². The number of benzene rings is 1. The molecule has 1 heterocycles. The summed E-state index contributed by atoms with van der Waals surface area (Å²) in [7, 11) is 0. The van der Waals surface area contributed by atoms with Crippen molar-refractivity contribution in [2.24, 2.45) is 5.73 Å². The Balaban J connectivity index is 2.16. The van der Waals surface area contributed by atoms with Gasteiger partial charge in [0.15, 0.2) is 0 Å². The summed E-state index contributed by atoms with van der Waals surface area (Å²) in [4.78, 5) is 0. The normalized spacial score (nSPS) is 27.1. The minimum atomic E-state index is 0.126. The lowest BCUT2D eigenvalue weighted by atomic mass is 10.1. The maximum absolute atomic E-state index is 6.18. The van der Waals surface area contributed by atoms with E-state index in [4.69, 9.17) is 10.5 Å². The van der Waals surface area contributed by atoms with Gasteiger partial charge in [0.2, 0.25) is 0 Å². The zero-order valence-electron chi connectivity index (χ0n) is 10.8. The lowest BCUT2D eigenvalue weighted by molar-refractivity contribution is 0.127. The van der Waals surface area contributed by atoms with Crippen LogP contribution in [0, 0.1) is 0 Å². The van der Waals surface area contributed by atoms with Crippen molar-refractivity contribution in [1.29, 1.82) is 0 Å². The average molecular weight is 330 g/mol. The predicted molar refractivity (Wildman–Crippen MR) is 81.9 cm³/mol. The van der Waals surface area contributed by atoms with Crippen molar-refractivity contribution in [3.8, 4) is 0 Å². The number of rotatable bonds is 4. The largest absolute Gasteiger partial charge is 0.377 e. The second-order valence-corrected chi connectivity index (χ2v) is 7.08. The van der Waals surface area contributed by atoms with E-state index < -0.39 is 0 Å². The zero-order chi connectivity index (χ0) is 13.1. The molecule has 1 fully saturated rings. The molecule has 1 aromatic carbocycles. The summed E-state index contributed by atoms with van der Waals surface area (Å²) in [5.41, 5.74) is 7.47. The monoisotopic (exact) mass is 329 g/mol. The first kappa shape index (κ1) is 14.4. The molecule has 2 nitrogen and oxygen atoms in total. The number of thioether (sulfide) groups is 1. The highest BCUT2D eigenvalue weighted by atomic mass is 79.9. The van der Waals surface area contributed by atoms with Gasteiger partial charge in [-0.2, -0.15) is 0 Å². The maximum Gasteiger partial charge on any atom is 0.0666 e. The average Bonchev–Trinajstić information content (AvgIpc) is 2.73. The molecule has 4 unspecified atom stereocenters. The van der Waals surface area contributed by atoms with Gasteiger partial charge >= 0.3 is 0 Å². The zero-order valence-corrected chi connectivity index (χ0v) is 13.2. The van der Waals surface area contributed by atoms with Crippen LogP contribution in [0.5, 0.6) is 0 Å². The maximum atomic E-state index is 6.18. The van der Waals surface area contributed by atoms with Crippen LogP contribution in [-0.2, 0) is 4.74 Å². The fraction of sp³-hybridized carbons (Fsp3) is 0.571. The quantitative estimate of drug-likeness (QED) is 0.913. The second-order valence-electron chi connectivity index (χ2n) is 4.84. The molecule has 0 aromatic heterocycles. The summed E-state index contributed by atoms with van der Waals surface area (Å²) in [5, 5.41) is 0.864. The third-order valence-corrected chi connectivity index (χ3v) is 5.98. The molecule has 1 aliphatic heterocycles. The lowest BCUT2D eigenvalue weighted by Crippen LogP contribution is -2.26. The van der Waals surface area contributed by atoms with E-state index in [1.165, 1.54) is 5.56 Å². The van der Waals surface area contributed by atoms with Crippen molar-refractivity contribution >= 4 is 27.7 Å². The molecule has 100 valence electrons. The summed E-state index contributed by atoms with van der Waals surface area (Å²) in [6, 6.07) is 8.48. The van der Waals surface area contributed by atoms with E-state index >= 15 is 0 Å². The van der Waals surface area contributed by atoms with Gasteiger partial charge < -0.3 is 10.5 Å². The van der Waals surface area contributed by atoms with E-state index in [0.717, 1.165) is 17.5 Å². The number of nitrogens with two attached hydrogens (primary N) is 1. The molecule has 4 atom stereocenters. The van der Waals surface area contributed by atoms with Gasteiger partial charge in [0.05, 0.1) is 6.10 Å². The van der Waals surface area contributed by atoms with Crippen LogP contribution in [0.2, 0.25) is 0 Å². The van der Waals surface area contributed by atoms with E-state index in [9.17, 15) is 0 Å². The molecule has 0 radical (unpaired) electrons. The fourth-order valence-electron chi connectivity index (χ4n) is 2.27. The van der Waals surface area contributed by atoms with Crippen molar-refractivity contribution in [2.45, 2.75) is 42.9 Å². The molecule has 0 bridgehead atoms. The van der Waals surface area contributed by atoms with Gasteiger partial charge in [0, 0.05) is 27.6 Å². The molecule has 0 amide bonds. The Morgan fingerprint density at radius 3 is 2.72 bits per heavy atom. The highest BCUT2D eigenvalue weighted by Crippen LogP contribution is 2.41. The molecule has 1 aliphatic rings. The fourth-order valence-corrected chi connectivity index (χ4v) is 4.46. The molecule has 1 aromatic rings. The van der Waals surface area contributed by atoms with Crippen molar-refractivity contribution in [2.75, 3.05) is 6.61 Å². The van der Waals surface area contributed by atoms with Crippen LogP contribution in [0.1, 0.15) is 31.1 Å². The van der Waals surface area contributed by atoms with Gasteiger partial charge in [-0.1, -0.05) is 34.1 Å². The van der Waals surface area contributed by atoms with Crippen LogP contribution in [0.4, 0.5) is 0 Å². The Bertz CT molecular complexity index is 399. The molecular formula is C14H20BrNOS. The predicted octanol–water partition coefficient (Wildman–Crippen LogP) is 3.75. The number of hydrogen-bond donors (Lipinski definition) is 1. The van der Waals surface area contributed by atoms with Crippen LogP contribution < -0.4 is 5.73 Å². The van der Waals surface area contributed by atoms with E-state index in [2.05, 4.69) is 48.0 Å². The van der Waals surface area contributed by atoms with Gasteiger partial charge in [-0.25, -0.2) is 0 Å². The van der Waals surface area contributed by atoms with Crippen molar-refractivity contribution < 1.29 is 4.74 Å². The smallest absolute Gasteiger partial charge is 0.0666 e. The number of hydrogen-bond acceptors (Lipinski definition) is 3. The molecular weight excluding hydrogens is 310 g/mol. The molecule has 0 spiro atoms. The Hall–Kier alpha value is -0.0300. The lowest BCUT2D eigenvalue weighted by Gasteiger charge is -2.26. The summed E-state index contributed by atoms with van der Waals surface area (Å²) in [6.07, 6.45) is 1.46. The Labute approximate surface area is 122 Å². The van der Waals surface area contributed by atoms with E-state index in [0.29, 0.717) is 16.6 Å². The van der Waals surface area contributed by atoms with Gasteiger partial charge in [-0.05, 0) is 31.9 Å². The second kappa shape index (κ2) is 6.42. The summed E-state index contributed by atoms with van der Waals surface area (Å²) in [5.74, 6) is 0. The van der Waals surface area contributed by atoms with Crippen LogP contribution in [-0.4, -0.2) is 24.0 Å². The SMILES string of the molecule is CC(N)C(SC1CCOC1C)c1ccccc1Br. The molecule has 2 N–H and O–H groups in total. The van der Waals surface area contributed by atoms with Crippen LogP contribution in [0.3, 0.4) is 0 Å². The molecule has 4 heteroatoms. The topological polar surface area (TPSA) is 35.2 Å². The third-order valence-electron chi connectivity index (χ3n) is 3.32. The van der Waals surface area contributed by atoms with Crippen LogP contribution >= 0.6 is 27.7 Å². The summed E-state index contributed by atoms with van der Waals surface area (Å²) in [6.45, 7) is 5.11. The number of halogens is 1. The summed E-state index contributed by atoms with van der Waals surface area (Å²) < 4.78 is 6.78. The minimum absolute atomic E-state index is 0.126. The Morgan fingerprint density at radius 2 is 2.17 bits per heavy atom. The van der Waals surface area contributed by atoms with Crippen molar-refractivity contribution in [3.05, 3.63) is 34.3 Å². The highest BCUT2D eigenvalue weighted by molar-refractivity contribution is 9.10.